The molecule has 2 nitrogen and oxygen atoms in total. The van der Waals surface area contributed by atoms with E-state index in [9.17, 15) is 18.3 Å². The predicted molar refractivity (Wildman–Crippen MR) is 55.1 cm³/mol. The standard InChI is InChI=1S/C11H14F3NO/c1-15-7-6-8-4-2-3-5-9(8)10(16)11(12,13)14/h2-5,10,15-16H,6-7H2,1H3. The van der Waals surface area contributed by atoms with Crippen molar-refractivity contribution in [2.75, 3.05) is 13.6 Å². The fourth-order valence-corrected chi connectivity index (χ4v) is 1.46. The third-order valence-corrected chi connectivity index (χ3v) is 2.30. The van der Waals surface area contributed by atoms with Crippen LogP contribution in [0.25, 0.3) is 0 Å². The van der Waals surface area contributed by atoms with E-state index >= 15 is 0 Å². The molecule has 0 aliphatic carbocycles. The van der Waals surface area contributed by atoms with Gasteiger partial charge in [-0.1, -0.05) is 24.3 Å². The highest BCUT2D eigenvalue weighted by atomic mass is 19.4. The van der Waals surface area contributed by atoms with E-state index < -0.39 is 12.3 Å². The quantitative estimate of drug-likeness (QED) is 0.834. The van der Waals surface area contributed by atoms with Gasteiger partial charge in [-0.3, -0.25) is 0 Å². The van der Waals surface area contributed by atoms with Crippen LogP contribution >= 0.6 is 0 Å². The van der Waals surface area contributed by atoms with Crippen LogP contribution in [0.1, 0.15) is 17.2 Å². The van der Waals surface area contributed by atoms with Crippen LogP contribution < -0.4 is 5.32 Å². The van der Waals surface area contributed by atoms with Gasteiger partial charge in [-0.2, -0.15) is 13.2 Å². The number of nitrogens with one attached hydrogen (secondary N) is 1. The lowest BCUT2D eigenvalue weighted by atomic mass is 9.99. The van der Waals surface area contributed by atoms with Crippen molar-refractivity contribution in [3.8, 4) is 0 Å². The Morgan fingerprint density at radius 2 is 1.94 bits per heavy atom. The van der Waals surface area contributed by atoms with E-state index in [1.54, 1.807) is 19.2 Å². The number of aliphatic hydroxyl groups excluding tert-OH is 1. The van der Waals surface area contributed by atoms with Gasteiger partial charge in [0.15, 0.2) is 6.10 Å². The molecule has 1 atom stereocenters. The summed E-state index contributed by atoms with van der Waals surface area (Å²) in [6.45, 7) is 0.571. The Labute approximate surface area is 92.1 Å². The highest BCUT2D eigenvalue weighted by molar-refractivity contribution is 5.30. The first-order valence-corrected chi connectivity index (χ1v) is 4.94. The number of halogens is 3. The molecule has 90 valence electrons. The molecule has 0 spiro atoms. The van der Waals surface area contributed by atoms with Crippen LogP contribution in [0.15, 0.2) is 24.3 Å². The normalized spacial score (nSPS) is 13.8. The molecule has 0 bridgehead atoms. The third-order valence-electron chi connectivity index (χ3n) is 2.30. The SMILES string of the molecule is CNCCc1ccccc1C(O)C(F)(F)F. The van der Waals surface area contributed by atoms with Gasteiger partial charge in [0.1, 0.15) is 0 Å². The van der Waals surface area contributed by atoms with Crippen molar-refractivity contribution < 1.29 is 18.3 Å². The van der Waals surface area contributed by atoms with Gasteiger partial charge in [0.2, 0.25) is 0 Å². The van der Waals surface area contributed by atoms with Crippen molar-refractivity contribution in [3.63, 3.8) is 0 Å². The van der Waals surface area contributed by atoms with E-state index in [0.717, 1.165) is 0 Å². The Kier molecular flexibility index (Phi) is 4.32. The zero-order valence-electron chi connectivity index (χ0n) is 8.88. The minimum atomic E-state index is -4.62. The maximum Gasteiger partial charge on any atom is 0.418 e. The van der Waals surface area contributed by atoms with Crippen molar-refractivity contribution in [2.45, 2.75) is 18.7 Å². The van der Waals surface area contributed by atoms with Crippen LogP contribution in [0.2, 0.25) is 0 Å². The van der Waals surface area contributed by atoms with Crippen LogP contribution in [0.4, 0.5) is 13.2 Å². The summed E-state index contributed by atoms with van der Waals surface area (Å²) in [5.41, 5.74) is 0.451. The molecule has 0 saturated carbocycles. The van der Waals surface area contributed by atoms with E-state index in [0.29, 0.717) is 18.5 Å². The maximum atomic E-state index is 12.4. The number of alkyl halides is 3. The summed E-state index contributed by atoms with van der Waals surface area (Å²) in [5.74, 6) is 0. The number of aliphatic hydroxyl groups is 1. The molecule has 1 aromatic rings. The van der Waals surface area contributed by atoms with E-state index in [1.807, 2.05) is 0 Å². The third kappa shape index (κ3) is 3.21. The Balaban J connectivity index is 2.94. The second-order valence-corrected chi connectivity index (χ2v) is 3.50. The second-order valence-electron chi connectivity index (χ2n) is 3.50. The molecule has 0 aliphatic heterocycles. The molecule has 0 fully saturated rings. The van der Waals surface area contributed by atoms with Crippen molar-refractivity contribution >= 4 is 0 Å². The fraction of sp³-hybridized carbons (Fsp3) is 0.455. The minimum Gasteiger partial charge on any atom is -0.379 e. The largest absolute Gasteiger partial charge is 0.418 e. The van der Waals surface area contributed by atoms with E-state index in [1.165, 1.54) is 12.1 Å². The molecule has 0 radical (unpaired) electrons. The second kappa shape index (κ2) is 5.32. The van der Waals surface area contributed by atoms with Gasteiger partial charge >= 0.3 is 6.18 Å². The van der Waals surface area contributed by atoms with Gasteiger partial charge < -0.3 is 10.4 Å². The number of benzene rings is 1. The van der Waals surface area contributed by atoms with Gasteiger partial charge in [0.25, 0.3) is 0 Å². The van der Waals surface area contributed by atoms with Crippen molar-refractivity contribution in [1.29, 1.82) is 0 Å². The molecule has 2 N–H and O–H groups in total. The minimum absolute atomic E-state index is 0.0646. The smallest absolute Gasteiger partial charge is 0.379 e. The Bertz CT molecular complexity index is 338. The average Bonchev–Trinajstić information content (AvgIpc) is 2.24. The average molecular weight is 233 g/mol. The summed E-state index contributed by atoms with van der Waals surface area (Å²) >= 11 is 0. The van der Waals surface area contributed by atoms with Gasteiger partial charge in [-0.05, 0) is 31.1 Å². The molecular weight excluding hydrogens is 219 g/mol. The Morgan fingerprint density at radius 1 is 1.31 bits per heavy atom. The fourth-order valence-electron chi connectivity index (χ4n) is 1.46. The van der Waals surface area contributed by atoms with Crippen LogP contribution in [0, 0.1) is 0 Å². The number of hydrogen-bond donors (Lipinski definition) is 2. The molecule has 16 heavy (non-hydrogen) atoms. The van der Waals surface area contributed by atoms with Crippen molar-refractivity contribution in [2.24, 2.45) is 0 Å². The monoisotopic (exact) mass is 233 g/mol. The topological polar surface area (TPSA) is 32.3 Å². The molecule has 0 saturated heterocycles. The molecule has 0 aliphatic rings. The summed E-state index contributed by atoms with van der Waals surface area (Å²) in [6, 6.07) is 6.07. The van der Waals surface area contributed by atoms with Crippen LogP contribution in [0.3, 0.4) is 0 Å². The lowest BCUT2D eigenvalue weighted by molar-refractivity contribution is -0.207. The summed E-state index contributed by atoms with van der Waals surface area (Å²) < 4.78 is 37.1. The summed E-state index contributed by atoms with van der Waals surface area (Å²) in [4.78, 5) is 0. The summed E-state index contributed by atoms with van der Waals surface area (Å²) in [7, 11) is 1.73. The molecule has 0 aromatic heterocycles. The molecular formula is C11H14F3NO. The van der Waals surface area contributed by atoms with E-state index in [2.05, 4.69) is 5.32 Å². The highest BCUT2D eigenvalue weighted by Crippen LogP contribution is 2.34. The first-order valence-electron chi connectivity index (χ1n) is 4.94. The number of hydrogen-bond acceptors (Lipinski definition) is 2. The van der Waals surface area contributed by atoms with E-state index in [4.69, 9.17) is 0 Å². The van der Waals surface area contributed by atoms with Crippen LogP contribution in [-0.2, 0) is 6.42 Å². The zero-order chi connectivity index (χ0) is 12.2. The molecule has 0 heterocycles. The zero-order valence-corrected chi connectivity index (χ0v) is 8.88. The Morgan fingerprint density at radius 3 is 2.50 bits per heavy atom. The molecule has 1 unspecified atom stereocenters. The highest BCUT2D eigenvalue weighted by Gasteiger charge is 2.40. The van der Waals surface area contributed by atoms with Crippen LogP contribution in [-0.4, -0.2) is 24.9 Å². The lowest BCUT2D eigenvalue weighted by Crippen LogP contribution is -2.22. The number of likely N-dealkylation sites (N-methyl/N-ethyl adjacent to an activating group) is 1. The van der Waals surface area contributed by atoms with Crippen molar-refractivity contribution in [1.82, 2.24) is 5.32 Å². The molecule has 0 amide bonds. The van der Waals surface area contributed by atoms with Crippen molar-refractivity contribution in [3.05, 3.63) is 35.4 Å². The number of rotatable bonds is 4. The lowest BCUT2D eigenvalue weighted by Gasteiger charge is -2.18. The van der Waals surface area contributed by atoms with E-state index in [-0.39, 0.29) is 5.56 Å². The first-order chi connectivity index (χ1) is 7.46. The van der Waals surface area contributed by atoms with Gasteiger partial charge in [0, 0.05) is 0 Å². The van der Waals surface area contributed by atoms with Gasteiger partial charge in [-0.25, -0.2) is 0 Å². The van der Waals surface area contributed by atoms with Crippen LogP contribution in [0.5, 0.6) is 0 Å². The maximum absolute atomic E-state index is 12.4. The molecule has 1 rings (SSSR count). The first kappa shape index (κ1) is 13.0. The predicted octanol–water partition coefficient (Wildman–Crippen LogP) is 2.04. The summed E-state index contributed by atoms with van der Waals surface area (Å²) in [5, 5.41) is 12.0. The Hall–Kier alpha value is -1.07. The van der Waals surface area contributed by atoms with Gasteiger partial charge in [-0.15, -0.1) is 0 Å². The molecule has 1 aromatic carbocycles. The van der Waals surface area contributed by atoms with Gasteiger partial charge in [0.05, 0.1) is 0 Å². The molecule has 5 heteroatoms. The summed E-state index contributed by atoms with van der Waals surface area (Å²) in [6.07, 6.45) is -6.56.